The van der Waals surface area contributed by atoms with Gasteiger partial charge in [0.1, 0.15) is 35.7 Å². The fourth-order valence-corrected chi connectivity index (χ4v) is 13.6. The van der Waals surface area contributed by atoms with Crippen LogP contribution >= 0.6 is 0 Å². The maximum absolute atomic E-state index is 13.8. The van der Waals surface area contributed by atoms with E-state index in [2.05, 4.69) is 101 Å². The van der Waals surface area contributed by atoms with Crippen molar-refractivity contribution in [3.8, 4) is 0 Å². The van der Waals surface area contributed by atoms with Crippen molar-refractivity contribution < 1.29 is 47.4 Å². The van der Waals surface area contributed by atoms with E-state index >= 15 is 0 Å². The molecule has 15 nitrogen and oxygen atoms in total. The fourth-order valence-electron chi connectivity index (χ4n) is 13.6. The molecule has 16 heteroatoms. The van der Waals surface area contributed by atoms with E-state index in [1.54, 1.807) is 40.9 Å². The summed E-state index contributed by atoms with van der Waals surface area (Å²) >= 11 is 0. The number of carbonyl (C=O) groups is 6. The van der Waals surface area contributed by atoms with E-state index in [1.165, 1.54) is 77.1 Å². The van der Waals surface area contributed by atoms with Crippen LogP contribution in [0.2, 0.25) is 0 Å². The van der Waals surface area contributed by atoms with Crippen molar-refractivity contribution in [2.75, 3.05) is 53.4 Å². The Balaban J connectivity index is 0.000000192. The Hall–Kier alpha value is -6.97. The van der Waals surface area contributed by atoms with Crippen molar-refractivity contribution >= 4 is 52.7 Å². The Labute approximate surface area is 537 Å². The first-order chi connectivity index (χ1) is 42.1. The third kappa shape index (κ3) is 18.4. The number of benzene rings is 3. The molecule has 0 aromatic heterocycles. The number of hydrogen-bond donors (Lipinski definition) is 1. The molecule has 0 fully saturated rings. The molecule has 3 unspecified atom stereocenters. The number of hydrogen-bond acceptors (Lipinski definition) is 9. The molecular formula is C74H105FN6O9. The molecule has 6 aliphatic rings. The molecule has 0 saturated carbocycles. The van der Waals surface area contributed by atoms with Crippen LogP contribution in [0.4, 0.5) is 18.8 Å². The second-order valence-electron chi connectivity index (χ2n) is 29.7. The number of alkyl carbamates (subject to hydrolysis) is 1. The van der Waals surface area contributed by atoms with Gasteiger partial charge in [0, 0.05) is 46.7 Å². The Morgan fingerprint density at radius 2 is 1.00 bits per heavy atom. The van der Waals surface area contributed by atoms with Crippen molar-refractivity contribution in [2.45, 2.75) is 216 Å². The number of nitrogens with zero attached hydrogens (tertiary/aromatic N) is 5. The van der Waals surface area contributed by atoms with Gasteiger partial charge in [0.05, 0.1) is 18.1 Å². The largest absolute Gasteiger partial charge is 0.444 e. The van der Waals surface area contributed by atoms with E-state index in [1.807, 2.05) is 57.4 Å². The second kappa shape index (κ2) is 29.5. The zero-order valence-electron chi connectivity index (χ0n) is 57.5. The average Bonchev–Trinajstić information content (AvgIpc) is 1.64. The minimum absolute atomic E-state index is 0.0189. The quantitative estimate of drug-likeness (QED) is 0.122. The number of nitrogens with one attached hydrogen (secondary N) is 1. The first kappa shape index (κ1) is 70.5. The summed E-state index contributed by atoms with van der Waals surface area (Å²) in [4.78, 5) is 84.5. The lowest BCUT2D eigenvalue weighted by Gasteiger charge is -2.40. The monoisotopic (exact) mass is 1240 g/mol. The molecule has 3 aliphatic heterocycles. The topological polar surface area (TPSA) is 158 Å². The molecule has 3 atom stereocenters. The fraction of sp³-hybridized carbons (Fsp3) is 0.595. The number of likely N-dealkylation sites (N-methyl/N-ethyl adjacent to an activating group) is 2. The zero-order valence-corrected chi connectivity index (χ0v) is 57.5. The molecule has 0 saturated heterocycles. The molecule has 492 valence electrons. The van der Waals surface area contributed by atoms with Gasteiger partial charge in [0.15, 0.2) is 0 Å². The van der Waals surface area contributed by atoms with Crippen LogP contribution in [0, 0.1) is 30.5 Å². The van der Waals surface area contributed by atoms with Crippen LogP contribution < -0.4 is 5.32 Å². The molecule has 0 spiro atoms. The van der Waals surface area contributed by atoms with E-state index < -0.39 is 35.1 Å². The highest BCUT2D eigenvalue weighted by Gasteiger charge is 2.41. The van der Waals surface area contributed by atoms with Crippen molar-refractivity contribution in [1.29, 1.82) is 0 Å². The van der Waals surface area contributed by atoms with Crippen LogP contribution in [-0.2, 0) is 47.9 Å². The minimum Gasteiger partial charge on any atom is -0.444 e. The number of aryl methyl sites for hydroxylation is 1. The highest BCUT2D eigenvalue weighted by atomic mass is 19.1. The molecule has 1 N–H and O–H groups in total. The highest BCUT2D eigenvalue weighted by Crippen LogP contribution is 2.46. The normalized spacial score (nSPS) is 18.4. The van der Waals surface area contributed by atoms with Gasteiger partial charge in [-0.15, -0.1) is 0 Å². The van der Waals surface area contributed by atoms with Crippen molar-refractivity contribution in [2.24, 2.45) is 17.8 Å². The summed E-state index contributed by atoms with van der Waals surface area (Å²) in [7, 11) is 3.21. The first-order valence-electron chi connectivity index (χ1n) is 33.0. The SMILES string of the molecule is CC(C)C1C2=C(CCN1C(=O)CN(C)C(=O)OC(C)(C)C)c1ccccc1C2.CC(C)CC1C2=C(CCN1C(=O)CN(C)C(=O)OC(C)(C)C)c1cc(F)ccc1C2.Cc1ccc2c(c1)C1=C(C2)C(CC(C)C)N(C(=O)CCCCNC(=O)OC(C)(C)C)CC1. The summed E-state index contributed by atoms with van der Waals surface area (Å²) in [5.74, 6) is 1.17. The summed E-state index contributed by atoms with van der Waals surface area (Å²) in [6, 6.07) is 20.6. The van der Waals surface area contributed by atoms with Gasteiger partial charge in [-0.05, 0) is 230 Å². The predicted molar refractivity (Wildman–Crippen MR) is 356 cm³/mol. The van der Waals surface area contributed by atoms with Crippen LogP contribution in [0.25, 0.3) is 16.7 Å². The number of fused-ring (bicyclic) bond motifs is 6. The number of amides is 6. The van der Waals surface area contributed by atoms with E-state index in [4.69, 9.17) is 14.2 Å². The number of carbonyl (C=O) groups excluding carboxylic acids is 6. The molecule has 0 bridgehead atoms. The van der Waals surface area contributed by atoms with Gasteiger partial charge in [-0.3, -0.25) is 14.4 Å². The Morgan fingerprint density at radius 3 is 1.51 bits per heavy atom. The maximum atomic E-state index is 13.8. The van der Waals surface area contributed by atoms with E-state index in [0.29, 0.717) is 50.2 Å². The Kier molecular flexibility index (Phi) is 23.1. The summed E-state index contributed by atoms with van der Waals surface area (Å²) in [6.45, 7) is 34.3. The van der Waals surface area contributed by atoms with Gasteiger partial charge in [0.2, 0.25) is 17.7 Å². The molecule has 6 amide bonds. The number of rotatable bonds is 14. The second-order valence-corrected chi connectivity index (χ2v) is 29.7. The van der Waals surface area contributed by atoms with Crippen LogP contribution in [0.5, 0.6) is 0 Å². The van der Waals surface area contributed by atoms with Gasteiger partial charge in [-0.1, -0.05) is 95.6 Å². The first-order valence-corrected chi connectivity index (χ1v) is 33.0. The number of halogens is 1. The Morgan fingerprint density at radius 1 is 0.556 bits per heavy atom. The highest BCUT2D eigenvalue weighted by molar-refractivity contribution is 5.88. The van der Waals surface area contributed by atoms with Gasteiger partial charge < -0.3 is 44.0 Å². The van der Waals surface area contributed by atoms with Crippen molar-refractivity contribution in [1.82, 2.24) is 29.8 Å². The smallest absolute Gasteiger partial charge is 0.410 e. The van der Waals surface area contributed by atoms with Crippen molar-refractivity contribution in [3.05, 3.63) is 122 Å². The summed E-state index contributed by atoms with van der Waals surface area (Å²) < 4.78 is 29.8. The maximum Gasteiger partial charge on any atom is 0.410 e. The van der Waals surface area contributed by atoms with E-state index in [-0.39, 0.29) is 54.8 Å². The third-order valence-corrected chi connectivity index (χ3v) is 17.3. The number of unbranched alkanes of at least 4 members (excludes halogenated alkanes) is 1. The third-order valence-electron chi connectivity index (χ3n) is 17.3. The summed E-state index contributed by atoms with van der Waals surface area (Å²) in [5, 5.41) is 2.78. The Bertz CT molecular complexity index is 3230. The molecule has 3 heterocycles. The summed E-state index contributed by atoms with van der Waals surface area (Å²) in [6.07, 6.45) is 7.74. The standard InChI is InChI=1S/C27H40N2O3.C24H33FN2O3.C23H32N2O3/c1-18(2)15-24-23-17-20-11-10-19(3)16-22(20)21(23)12-14-29(24)25(30)9-7-8-13-28-26(31)32-27(4,5)6;1-15(2)11-21-20-12-16-7-8-17(25)13-19(16)18(20)9-10-27(21)22(28)14-26(6)23(29)30-24(3,4)5;1-15(2)21-19-13-16-9-7-8-10-17(16)18(19)11-12-25(21)20(26)14-24(6)22(27)28-23(3,4)5/h10-11,16,18,24H,7-9,12-15,17H2,1-6H3,(H,28,31);7-8,13,15,21H,9-12,14H2,1-6H3;7-10,15,21H,11-14H2,1-6H3. The lowest BCUT2D eigenvalue weighted by molar-refractivity contribution is -0.135. The van der Waals surface area contributed by atoms with Crippen molar-refractivity contribution in [3.63, 3.8) is 0 Å². The molecule has 3 aromatic rings. The zero-order chi connectivity index (χ0) is 66.3. The van der Waals surface area contributed by atoms with Gasteiger partial charge in [0.25, 0.3) is 0 Å². The van der Waals surface area contributed by atoms with Crippen LogP contribution in [0.3, 0.4) is 0 Å². The lowest BCUT2D eigenvalue weighted by atomic mass is 9.86. The van der Waals surface area contributed by atoms with Crippen LogP contribution in [0.15, 0.2) is 77.4 Å². The molecule has 9 rings (SSSR count). The van der Waals surface area contributed by atoms with Gasteiger partial charge in [-0.2, -0.15) is 0 Å². The van der Waals surface area contributed by atoms with Crippen LogP contribution in [-0.4, -0.2) is 149 Å². The molecule has 0 radical (unpaired) electrons. The molecule has 3 aliphatic carbocycles. The van der Waals surface area contributed by atoms with E-state index in [0.717, 1.165) is 75.5 Å². The predicted octanol–water partition coefficient (Wildman–Crippen LogP) is 14.4. The van der Waals surface area contributed by atoms with E-state index in [9.17, 15) is 33.2 Å². The van der Waals surface area contributed by atoms with Gasteiger partial charge in [-0.25, -0.2) is 18.8 Å². The average molecular weight is 1240 g/mol. The van der Waals surface area contributed by atoms with Crippen LogP contribution in [0.1, 0.15) is 194 Å². The lowest BCUT2D eigenvalue weighted by Crippen LogP contribution is -2.51. The molecule has 3 aromatic carbocycles. The molecular weight excluding hydrogens is 1140 g/mol. The summed E-state index contributed by atoms with van der Waals surface area (Å²) in [5.41, 5.74) is 15.4. The van der Waals surface area contributed by atoms with Gasteiger partial charge >= 0.3 is 18.3 Å². The number of ether oxygens (including phenoxy) is 3. The minimum atomic E-state index is -0.607. The molecule has 90 heavy (non-hydrogen) atoms.